The maximum absolute atomic E-state index is 12.8. The average Bonchev–Trinajstić information content (AvgIpc) is 2.61. The standard InChI is InChI=1S/C16H16F3NO.C3H6O2/c1-11-5-3-4-6-15(11)21-10-12-9-13(16(17,18)19)7-8-14(12)20-2;1-2-5-3-4/h3-9,20H,10H2,1-2H3;3H,2H2,1H3. The third kappa shape index (κ3) is 6.66. The van der Waals surface area contributed by atoms with Crippen LogP contribution in [0.25, 0.3) is 0 Å². The van der Waals surface area contributed by atoms with Crippen LogP contribution in [0.15, 0.2) is 42.5 Å². The summed E-state index contributed by atoms with van der Waals surface area (Å²) in [6.45, 7) is 4.63. The van der Waals surface area contributed by atoms with Gasteiger partial charge in [0, 0.05) is 18.3 Å². The molecule has 7 heteroatoms. The Bertz CT molecular complexity index is 703. The van der Waals surface area contributed by atoms with Gasteiger partial charge in [0.2, 0.25) is 0 Å². The SMILES string of the molecule is CCOC=O.CNc1ccc(C(F)(F)F)cc1COc1ccccc1C. The number of hydrogen-bond donors (Lipinski definition) is 1. The Hall–Kier alpha value is -2.70. The summed E-state index contributed by atoms with van der Waals surface area (Å²) < 4.78 is 48.1. The van der Waals surface area contributed by atoms with Crippen molar-refractivity contribution in [2.45, 2.75) is 26.6 Å². The van der Waals surface area contributed by atoms with E-state index < -0.39 is 11.7 Å². The number of benzene rings is 2. The van der Waals surface area contributed by atoms with Crippen molar-refractivity contribution in [3.8, 4) is 5.75 Å². The molecule has 0 saturated heterocycles. The minimum absolute atomic E-state index is 0.0744. The zero-order chi connectivity index (χ0) is 19.6. The number of rotatable bonds is 6. The zero-order valence-corrected chi connectivity index (χ0v) is 14.9. The van der Waals surface area contributed by atoms with Crippen LogP contribution in [0.5, 0.6) is 5.75 Å². The van der Waals surface area contributed by atoms with E-state index >= 15 is 0 Å². The number of ether oxygens (including phenoxy) is 2. The van der Waals surface area contributed by atoms with E-state index in [0.717, 1.165) is 17.7 Å². The van der Waals surface area contributed by atoms with Crippen LogP contribution in [-0.4, -0.2) is 20.1 Å². The van der Waals surface area contributed by atoms with Crippen molar-refractivity contribution in [2.24, 2.45) is 0 Å². The van der Waals surface area contributed by atoms with Gasteiger partial charge in [-0.15, -0.1) is 0 Å². The number of carbonyl (C=O) groups is 1. The summed E-state index contributed by atoms with van der Waals surface area (Å²) >= 11 is 0. The first kappa shape index (κ1) is 21.3. The Morgan fingerprint density at radius 1 is 1.15 bits per heavy atom. The first-order chi connectivity index (χ1) is 12.3. The third-order valence-electron chi connectivity index (χ3n) is 3.41. The fourth-order valence-corrected chi connectivity index (χ4v) is 2.08. The normalized spacial score (nSPS) is 10.4. The van der Waals surface area contributed by atoms with Crippen LogP contribution >= 0.6 is 0 Å². The lowest BCUT2D eigenvalue weighted by Crippen LogP contribution is -2.08. The van der Waals surface area contributed by atoms with Crippen LogP contribution in [0.4, 0.5) is 18.9 Å². The largest absolute Gasteiger partial charge is 0.489 e. The molecule has 1 N–H and O–H groups in total. The smallest absolute Gasteiger partial charge is 0.416 e. The molecule has 0 atom stereocenters. The van der Waals surface area contributed by atoms with E-state index in [-0.39, 0.29) is 6.61 Å². The molecule has 0 amide bonds. The zero-order valence-electron chi connectivity index (χ0n) is 14.9. The van der Waals surface area contributed by atoms with Gasteiger partial charge in [0.05, 0.1) is 12.2 Å². The molecule has 0 spiro atoms. The number of hydrogen-bond acceptors (Lipinski definition) is 4. The highest BCUT2D eigenvalue weighted by Gasteiger charge is 2.31. The molecule has 0 heterocycles. The summed E-state index contributed by atoms with van der Waals surface area (Å²) in [5.41, 5.74) is 1.35. The number of carbonyl (C=O) groups excluding carboxylic acids is 1. The lowest BCUT2D eigenvalue weighted by molar-refractivity contribution is -0.137. The van der Waals surface area contributed by atoms with Gasteiger partial charge in [0.1, 0.15) is 12.4 Å². The van der Waals surface area contributed by atoms with Crippen LogP contribution in [0.1, 0.15) is 23.6 Å². The average molecular weight is 369 g/mol. The molecule has 2 rings (SSSR count). The number of alkyl halides is 3. The van der Waals surface area contributed by atoms with E-state index in [0.29, 0.717) is 30.1 Å². The van der Waals surface area contributed by atoms with Gasteiger partial charge >= 0.3 is 6.18 Å². The first-order valence-electron chi connectivity index (χ1n) is 7.95. The predicted octanol–water partition coefficient (Wildman–Crippen LogP) is 4.81. The number of anilines is 1. The summed E-state index contributed by atoms with van der Waals surface area (Å²) in [7, 11) is 1.67. The molecule has 2 aromatic rings. The fraction of sp³-hybridized carbons (Fsp3) is 0.316. The maximum Gasteiger partial charge on any atom is 0.416 e. The third-order valence-corrected chi connectivity index (χ3v) is 3.41. The first-order valence-corrected chi connectivity index (χ1v) is 7.95. The van der Waals surface area contributed by atoms with Crippen LogP contribution in [0.2, 0.25) is 0 Å². The Labute approximate surface area is 150 Å². The van der Waals surface area contributed by atoms with Crippen molar-refractivity contribution < 1.29 is 27.4 Å². The number of aryl methyl sites for hydroxylation is 1. The summed E-state index contributed by atoms with van der Waals surface area (Å²) in [5.74, 6) is 0.664. The van der Waals surface area contributed by atoms with E-state index in [1.807, 2.05) is 25.1 Å². The van der Waals surface area contributed by atoms with Gasteiger partial charge in [-0.1, -0.05) is 18.2 Å². The molecule has 0 unspecified atom stereocenters. The van der Waals surface area contributed by atoms with Crippen LogP contribution in [-0.2, 0) is 22.3 Å². The molecule has 0 aliphatic carbocycles. The van der Waals surface area contributed by atoms with Gasteiger partial charge in [-0.25, -0.2) is 0 Å². The van der Waals surface area contributed by atoms with E-state index in [1.54, 1.807) is 20.0 Å². The second-order valence-electron chi connectivity index (χ2n) is 5.23. The topological polar surface area (TPSA) is 47.6 Å². The van der Waals surface area contributed by atoms with Gasteiger partial charge in [0.15, 0.2) is 0 Å². The summed E-state index contributed by atoms with van der Waals surface area (Å²) in [6.07, 6.45) is -4.36. The number of para-hydroxylation sites is 1. The number of halogens is 3. The van der Waals surface area contributed by atoms with Gasteiger partial charge in [-0.3, -0.25) is 4.79 Å². The molecular weight excluding hydrogens is 347 g/mol. The molecule has 0 bridgehead atoms. The van der Waals surface area contributed by atoms with Gasteiger partial charge < -0.3 is 14.8 Å². The minimum atomic E-state index is -4.36. The van der Waals surface area contributed by atoms with Crippen molar-refractivity contribution >= 4 is 12.2 Å². The molecule has 0 aromatic heterocycles. The molecular formula is C19H22F3NO3. The summed E-state index contributed by atoms with van der Waals surface area (Å²) in [5, 5.41) is 2.88. The van der Waals surface area contributed by atoms with Gasteiger partial charge in [-0.05, 0) is 43.7 Å². The van der Waals surface area contributed by atoms with E-state index in [2.05, 4.69) is 10.1 Å². The predicted molar refractivity (Wildman–Crippen MR) is 94.2 cm³/mol. The summed E-state index contributed by atoms with van der Waals surface area (Å²) in [6, 6.07) is 11.0. The summed E-state index contributed by atoms with van der Waals surface area (Å²) in [4.78, 5) is 9.18. The van der Waals surface area contributed by atoms with Crippen LogP contribution in [0.3, 0.4) is 0 Å². The molecule has 0 aliphatic heterocycles. The quantitative estimate of drug-likeness (QED) is 0.742. The van der Waals surface area contributed by atoms with Crippen molar-refractivity contribution in [1.82, 2.24) is 0 Å². The Morgan fingerprint density at radius 3 is 2.35 bits per heavy atom. The lowest BCUT2D eigenvalue weighted by atomic mass is 10.1. The highest BCUT2D eigenvalue weighted by Crippen LogP contribution is 2.32. The molecule has 0 aliphatic rings. The number of nitrogens with one attached hydrogen (secondary N) is 1. The molecule has 26 heavy (non-hydrogen) atoms. The molecule has 0 radical (unpaired) electrons. The molecule has 2 aromatic carbocycles. The monoisotopic (exact) mass is 369 g/mol. The van der Waals surface area contributed by atoms with Gasteiger partial charge in [-0.2, -0.15) is 13.2 Å². The lowest BCUT2D eigenvalue weighted by Gasteiger charge is -2.15. The molecule has 142 valence electrons. The van der Waals surface area contributed by atoms with E-state index in [4.69, 9.17) is 4.74 Å². The Balaban J connectivity index is 0.000000597. The fourth-order valence-electron chi connectivity index (χ4n) is 2.08. The minimum Gasteiger partial charge on any atom is -0.489 e. The molecule has 0 saturated carbocycles. The second-order valence-corrected chi connectivity index (χ2v) is 5.23. The van der Waals surface area contributed by atoms with Crippen molar-refractivity contribution in [2.75, 3.05) is 19.0 Å². The highest BCUT2D eigenvalue weighted by molar-refractivity contribution is 5.52. The Morgan fingerprint density at radius 2 is 1.85 bits per heavy atom. The molecule has 4 nitrogen and oxygen atoms in total. The molecule has 0 fully saturated rings. The van der Waals surface area contributed by atoms with Crippen LogP contribution in [0, 0.1) is 6.92 Å². The Kier molecular flexibility index (Phi) is 8.48. The van der Waals surface area contributed by atoms with Crippen molar-refractivity contribution in [3.63, 3.8) is 0 Å². The van der Waals surface area contributed by atoms with E-state index in [9.17, 15) is 18.0 Å². The van der Waals surface area contributed by atoms with Crippen LogP contribution < -0.4 is 10.1 Å². The van der Waals surface area contributed by atoms with Crippen molar-refractivity contribution in [1.29, 1.82) is 0 Å². The maximum atomic E-state index is 12.8. The highest BCUT2D eigenvalue weighted by atomic mass is 19.4. The van der Waals surface area contributed by atoms with E-state index in [1.165, 1.54) is 6.07 Å². The van der Waals surface area contributed by atoms with Crippen molar-refractivity contribution in [3.05, 3.63) is 59.2 Å². The second kappa shape index (κ2) is 10.3. The van der Waals surface area contributed by atoms with Gasteiger partial charge in [0.25, 0.3) is 6.47 Å².